The summed E-state index contributed by atoms with van der Waals surface area (Å²) in [5.41, 5.74) is 7.23. The van der Waals surface area contributed by atoms with Crippen LogP contribution < -0.4 is 5.73 Å². The van der Waals surface area contributed by atoms with E-state index in [1.165, 1.54) is 6.33 Å². The van der Waals surface area contributed by atoms with E-state index in [1.54, 1.807) is 11.0 Å². The fourth-order valence-corrected chi connectivity index (χ4v) is 2.64. The number of aromatic nitrogens is 3. The van der Waals surface area contributed by atoms with E-state index in [0.29, 0.717) is 12.1 Å². The van der Waals surface area contributed by atoms with Gasteiger partial charge in [0.05, 0.1) is 5.69 Å². The number of rotatable bonds is 3. The summed E-state index contributed by atoms with van der Waals surface area (Å²) in [5, 5.41) is 4.08. The zero-order valence-corrected chi connectivity index (χ0v) is 11.1. The molecule has 1 aliphatic rings. The number of hydrogen-bond donors (Lipinski definition) is 1. The van der Waals surface area contributed by atoms with Crippen molar-refractivity contribution in [3.8, 4) is 5.69 Å². The first-order valence-electron chi connectivity index (χ1n) is 6.75. The molecule has 0 saturated carbocycles. The van der Waals surface area contributed by atoms with Gasteiger partial charge in [0.25, 0.3) is 5.91 Å². The molecule has 20 heavy (non-hydrogen) atoms. The minimum atomic E-state index is 0.0416. The third-order valence-corrected chi connectivity index (χ3v) is 3.69. The second-order valence-electron chi connectivity index (χ2n) is 4.92. The van der Waals surface area contributed by atoms with Gasteiger partial charge in [0.2, 0.25) is 0 Å². The van der Waals surface area contributed by atoms with Crippen LogP contribution in [0.25, 0.3) is 5.69 Å². The molecule has 0 bridgehead atoms. The van der Waals surface area contributed by atoms with Gasteiger partial charge < -0.3 is 10.6 Å². The Morgan fingerprint density at radius 3 is 3.10 bits per heavy atom. The lowest BCUT2D eigenvalue weighted by molar-refractivity contribution is 0.0741. The minimum absolute atomic E-state index is 0.0416. The lowest BCUT2D eigenvalue weighted by atomic mass is 10.1. The minimum Gasteiger partial charge on any atom is -0.334 e. The summed E-state index contributed by atoms with van der Waals surface area (Å²) in [7, 11) is 0. The van der Waals surface area contributed by atoms with E-state index in [4.69, 9.17) is 5.73 Å². The molecule has 1 atom stereocenters. The summed E-state index contributed by atoms with van der Waals surface area (Å²) in [6.45, 7) is 1.31. The van der Waals surface area contributed by atoms with E-state index in [1.807, 2.05) is 29.2 Å². The third kappa shape index (κ3) is 2.30. The standard InChI is InChI=1S/C14H17N5O/c15-8-13-5-2-6-18(13)14(20)11-3-1-4-12(7-11)19-10-16-9-17-19/h1,3-4,7,9-10,13H,2,5-6,8,15H2/t13-/m1/s1. The van der Waals surface area contributed by atoms with Gasteiger partial charge >= 0.3 is 0 Å². The molecule has 6 heteroatoms. The molecule has 1 aromatic carbocycles. The molecular weight excluding hydrogens is 254 g/mol. The average molecular weight is 271 g/mol. The Morgan fingerprint density at radius 2 is 2.35 bits per heavy atom. The number of carbonyl (C=O) groups excluding carboxylic acids is 1. The number of likely N-dealkylation sites (tertiary alicyclic amines) is 1. The van der Waals surface area contributed by atoms with Gasteiger partial charge in [-0.25, -0.2) is 9.67 Å². The van der Waals surface area contributed by atoms with Crippen LogP contribution in [0.4, 0.5) is 0 Å². The predicted octanol–water partition coefficient (Wildman–Crippen LogP) is 0.831. The molecule has 104 valence electrons. The number of nitrogens with zero attached hydrogens (tertiary/aromatic N) is 4. The average Bonchev–Trinajstić information content (AvgIpc) is 3.17. The Balaban J connectivity index is 1.87. The van der Waals surface area contributed by atoms with Crippen LogP contribution in [0.5, 0.6) is 0 Å². The van der Waals surface area contributed by atoms with Crippen LogP contribution in [-0.4, -0.2) is 44.7 Å². The lowest BCUT2D eigenvalue weighted by Gasteiger charge is -2.23. The van der Waals surface area contributed by atoms with Crippen molar-refractivity contribution in [1.82, 2.24) is 19.7 Å². The van der Waals surface area contributed by atoms with Gasteiger partial charge in [-0.2, -0.15) is 5.10 Å². The highest BCUT2D eigenvalue weighted by molar-refractivity contribution is 5.95. The molecule has 2 aromatic rings. The van der Waals surface area contributed by atoms with Gasteiger partial charge in [0.15, 0.2) is 0 Å². The van der Waals surface area contributed by atoms with Crippen LogP contribution in [0.15, 0.2) is 36.9 Å². The first-order chi connectivity index (χ1) is 9.79. The molecule has 2 heterocycles. The molecule has 2 N–H and O–H groups in total. The monoisotopic (exact) mass is 271 g/mol. The highest BCUT2D eigenvalue weighted by Gasteiger charge is 2.28. The van der Waals surface area contributed by atoms with Crippen LogP contribution in [0.1, 0.15) is 23.2 Å². The van der Waals surface area contributed by atoms with E-state index in [2.05, 4.69) is 10.1 Å². The summed E-state index contributed by atoms with van der Waals surface area (Å²) < 4.78 is 1.64. The molecule has 0 radical (unpaired) electrons. The van der Waals surface area contributed by atoms with E-state index < -0.39 is 0 Å². The second-order valence-corrected chi connectivity index (χ2v) is 4.92. The number of amides is 1. The maximum atomic E-state index is 12.6. The van der Waals surface area contributed by atoms with Gasteiger partial charge in [-0.3, -0.25) is 4.79 Å². The molecule has 1 aromatic heterocycles. The van der Waals surface area contributed by atoms with E-state index in [0.717, 1.165) is 25.1 Å². The molecule has 1 amide bonds. The first kappa shape index (κ1) is 12.8. The third-order valence-electron chi connectivity index (χ3n) is 3.69. The number of hydrogen-bond acceptors (Lipinski definition) is 4. The van der Waals surface area contributed by atoms with Crippen LogP contribution in [-0.2, 0) is 0 Å². The molecular formula is C14H17N5O. The first-order valence-corrected chi connectivity index (χ1v) is 6.75. The van der Waals surface area contributed by atoms with Crippen molar-refractivity contribution in [3.63, 3.8) is 0 Å². The smallest absolute Gasteiger partial charge is 0.254 e. The molecule has 6 nitrogen and oxygen atoms in total. The number of nitrogens with two attached hydrogens (primary N) is 1. The van der Waals surface area contributed by atoms with Crippen molar-refractivity contribution >= 4 is 5.91 Å². The fraction of sp³-hybridized carbons (Fsp3) is 0.357. The number of carbonyl (C=O) groups is 1. The van der Waals surface area contributed by atoms with Gasteiger partial charge in [0, 0.05) is 24.7 Å². The van der Waals surface area contributed by atoms with Crippen molar-refractivity contribution in [3.05, 3.63) is 42.5 Å². The molecule has 1 saturated heterocycles. The van der Waals surface area contributed by atoms with E-state index >= 15 is 0 Å². The summed E-state index contributed by atoms with van der Waals surface area (Å²) in [6, 6.07) is 7.59. The normalized spacial score (nSPS) is 18.4. The summed E-state index contributed by atoms with van der Waals surface area (Å²) >= 11 is 0. The van der Waals surface area contributed by atoms with Gasteiger partial charge in [0.1, 0.15) is 12.7 Å². The molecule has 0 unspecified atom stereocenters. The molecule has 1 fully saturated rings. The molecule has 3 rings (SSSR count). The van der Waals surface area contributed by atoms with Crippen molar-refractivity contribution in [2.75, 3.05) is 13.1 Å². The van der Waals surface area contributed by atoms with Gasteiger partial charge in [-0.1, -0.05) is 6.07 Å². The summed E-state index contributed by atoms with van der Waals surface area (Å²) in [5.74, 6) is 0.0416. The van der Waals surface area contributed by atoms with Crippen LogP contribution >= 0.6 is 0 Å². The summed E-state index contributed by atoms with van der Waals surface area (Å²) in [6.07, 6.45) is 5.10. The Morgan fingerprint density at radius 1 is 1.45 bits per heavy atom. The van der Waals surface area contributed by atoms with Crippen molar-refractivity contribution in [1.29, 1.82) is 0 Å². The Kier molecular flexibility index (Phi) is 3.47. The quantitative estimate of drug-likeness (QED) is 0.897. The topological polar surface area (TPSA) is 77.0 Å². The van der Waals surface area contributed by atoms with Crippen LogP contribution in [0.3, 0.4) is 0 Å². The van der Waals surface area contributed by atoms with E-state index in [-0.39, 0.29) is 11.9 Å². The lowest BCUT2D eigenvalue weighted by Crippen LogP contribution is -2.39. The number of benzene rings is 1. The van der Waals surface area contributed by atoms with Crippen molar-refractivity contribution in [2.45, 2.75) is 18.9 Å². The highest BCUT2D eigenvalue weighted by Crippen LogP contribution is 2.20. The maximum absolute atomic E-state index is 12.6. The molecule has 1 aliphatic heterocycles. The van der Waals surface area contributed by atoms with Gasteiger partial charge in [-0.05, 0) is 31.0 Å². The Labute approximate surface area is 117 Å². The zero-order chi connectivity index (χ0) is 13.9. The van der Waals surface area contributed by atoms with Crippen LogP contribution in [0.2, 0.25) is 0 Å². The van der Waals surface area contributed by atoms with Crippen LogP contribution in [0, 0.1) is 0 Å². The van der Waals surface area contributed by atoms with Crippen molar-refractivity contribution in [2.24, 2.45) is 5.73 Å². The predicted molar refractivity (Wildman–Crippen MR) is 74.5 cm³/mol. The van der Waals surface area contributed by atoms with E-state index in [9.17, 15) is 4.79 Å². The maximum Gasteiger partial charge on any atom is 0.254 e. The zero-order valence-electron chi connectivity index (χ0n) is 11.1. The Bertz CT molecular complexity index is 595. The fourth-order valence-electron chi connectivity index (χ4n) is 2.64. The largest absolute Gasteiger partial charge is 0.334 e. The second kappa shape index (κ2) is 5.42. The summed E-state index contributed by atoms with van der Waals surface area (Å²) in [4.78, 5) is 18.4. The SMILES string of the molecule is NC[C@H]1CCCN1C(=O)c1cccc(-n2cncn2)c1. The van der Waals surface area contributed by atoms with Crippen molar-refractivity contribution < 1.29 is 4.79 Å². The molecule has 0 spiro atoms. The highest BCUT2D eigenvalue weighted by atomic mass is 16.2. The molecule has 0 aliphatic carbocycles. The Hall–Kier alpha value is -2.21. The van der Waals surface area contributed by atoms with Gasteiger partial charge in [-0.15, -0.1) is 0 Å².